The van der Waals surface area contributed by atoms with Crippen molar-refractivity contribution in [2.75, 3.05) is 26.7 Å². The highest BCUT2D eigenvalue weighted by atomic mass is 32.2. The van der Waals surface area contributed by atoms with Crippen LogP contribution < -0.4 is 0 Å². The van der Waals surface area contributed by atoms with Crippen LogP contribution in [0, 0.1) is 5.92 Å². The van der Waals surface area contributed by atoms with Gasteiger partial charge in [0.25, 0.3) is 0 Å². The van der Waals surface area contributed by atoms with E-state index < -0.39 is 10.0 Å². The number of nitrogens with zero attached hydrogens (tertiary/aromatic N) is 3. The van der Waals surface area contributed by atoms with Crippen LogP contribution in [0.5, 0.6) is 0 Å². The Bertz CT molecular complexity index is 750. The molecule has 0 amide bonds. The molecule has 0 bridgehead atoms. The SMILES string of the molecule is CN(C[C@@H]1CCN(Cc2ccccc2)C1)S(=O)(=O)c1cccnc1. The standard InChI is InChI=1S/C18H23N3O2S/c1-20(24(22,23)18-8-5-10-19-12-18)13-17-9-11-21(15-17)14-16-6-3-2-4-7-16/h2-8,10,12,17H,9,11,13-15H2,1H3/t17-/m0/s1. The van der Waals surface area contributed by atoms with Gasteiger partial charge < -0.3 is 0 Å². The number of hydrogen-bond donors (Lipinski definition) is 0. The van der Waals surface area contributed by atoms with Crippen LogP contribution in [0.4, 0.5) is 0 Å². The minimum Gasteiger partial charge on any atom is -0.299 e. The van der Waals surface area contributed by atoms with E-state index in [4.69, 9.17) is 0 Å². The van der Waals surface area contributed by atoms with Crippen LogP contribution in [0.25, 0.3) is 0 Å². The summed E-state index contributed by atoms with van der Waals surface area (Å²) in [4.78, 5) is 6.56. The molecule has 3 rings (SSSR count). The average molecular weight is 345 g/mol. The fourth-order valence-corrected chi connectivity index (χ4v) is 4.40. The van der Waals surface area contributed by atoms with Gasteiger partial charge >= 0.3 is 0 Å². The summed E-state index contributed by atoms with van der Waals surface area (Å²) in [7, 11) is -1.80. The van der Waals surface area contributed by atoms with E-state index in [-0.39, 0.29) is 4.90 Å². The molecule has 0 radical (unpaired) electrons. The van der Waals surface area contributed by atoms with Crippen LogP contribution in [-0.4, -0.2) is 49.3 Å². The first-order valence-corrected chi connectivity index (χ1v) is 9.62. The molecule has 0 N–H and O–H groups in total. The lowest BCUT2D eigenvalue weighted by Gasteiger charge is -2.21. The lowest BCUT2D eigenvalue weighted by atomic mass is 10.1. The van der Waals surface area contributed by atoms with Crippen molar-refractivity contribution in [1.29, 1.82) is 0 Å². The molecule has 1 aliphatic heterocycles. The van der Waals surface area contributed by atoms with Crippen LogP contribution in [0.3, 0.4) is 0 Å². The lowest BCUT2D eigenvalue weighted by Crippen LogP contribution is -2.33. The van der Waals surface area contributed by atoms with E-state index >= 15 is 0 Å². The first kappa shape index (κ1) is 17.1. The van der Waals surface area contributed by atoms with Gasteiger partial charge in [0.05, 0.1) is 0 Å². The Hall–Kier alpha value is -1.76. The Labute approximate surface area is 144 Å². The molecule has 128 valence electrons. The van der Waals surface area contributed by atoms with Gasteiger partial charge in [-0.05, 0) is 36.6 Å². The number of pyridine rings is 1. The molecule has 0 aliphatic carbocycles. The molecule has 2 aromatic rings. The highest BCUT2D eigenvalue weighted by Crippen LogP contribution is 2.22. The first-order chi connectivity index (χ1) is 11.6. The van der Waals surface area contributed by atoms with Crippen LogP contribution in [0.2, 0.25) is 0 Å². The number of sulfonamides is 1. The molecule has 5 nitrogen and oxygen atoms in total. The molecule has 1 saturated heterocycles. The van der Waals surface area contributed by atoms with E-state index in [0.29, 0.717) is 12.5 Å². The molecule has 1 aromatic heterocycles. The maximum absolute atomic E-state index is 12.6. The maximum atomic E-state index is 12.6. The second-order valence-electron chi connectivity index (χ2n) is 6.35. The van der Waals surface area contributed by atoms with Gasteiger partial charge in [0, 0.05) is 39.1 Å². The van der Waals surface area contributed by atoms with Gasteiger partial charge in [0.2, 0.25) is 10.0 Å². The van der Waals surface area contributed by atoms with Crippen LogP contribution in [0.15, 0.2) is 59.8 Å². The highest BCUT2D eigenvalue weighted by Gasteiger charge is 2.28. The summed E-state index contributed by atoms with van der Waals surface area (Å²) in [5, 5.41) is 0. The van der Waals surface area contributed by atoms with E-state index in [1.165, 1.54) is 16.1 Å². The summed E-state index contributed by atoms with van der Waals surface area (Å²) in [6.45, 7) is 3.42. The summed E-state index contributed by atoms with van der Waals surface area (Å²) >= 11 is 0. The lowest BCUT2D eigenvalue weighted by molar-refractivity contribution is 0.304. The van der Waals surface area contributed by atoms with Gasteiger partial charge in [-0.3, -0.25) is 9.88 Å². The minimum absolute atomic E-state index is 0.256. The predicted molar refractivity (Wildman–Crippen MR) is 93.9 cm³/mol. The molecule has 0 saturated carbocycles. The molecule has 1 aromatic carbocycles. The summed E-state index contributed by atoms with van der Waals surface area (Å²) < 4.78 is 26.6. The number of hydrogen-bond acceptors (Lipinski definition) is 4. The van der Waals surface area contributed by atoms with Gasteiger partial charge in [-0.25, -0.2) is 12.7 Å². The summed E-state index contributed by atoms with van der Waals surface area (Å²) in [6, 6.07) is 13.6. The fraction of sp³-hybridized carbons (Fsp3) is 0.389. The van der Waals surface area contributed by atoms with E-state index in [1.54, 1.807) is 25.4 Å². The van der Waals surface area contributed by atoms with Gasteiger partial charge in [-0.2, -0.15) is 0 Å². The van der Waals surface area contributed by atoms with Crippen molar-refractivity contribution in [3.63, 3.8) is 0 Å². The zero-order valence-corrected chi connectivity index (χ0v) is 14.7. The Morgan fingerprint density at radius 1 is 1.21 bits per heavy atom. The van der Waals surface area contributed by atoms with Crippen molar-refractivity contribution in [3.05, 3.63) is 60.4 Å². The first-order valence-electron chi connectivity index (χ1n) is 8.18. The quantitative estimate of drug-likeness (QED) is 0.806. The van der Waals surface area contributed by atoms with Crippen molar-refractivity contribution in [2.45, 2.75) is 17.9 Å². The fourth-order valence-electron chi connectivity index (χ4n) is 3.19. The van der Waals surface area contributed by atoms with Crippen molar-refractivity contribution >= 4 is 10.0 Å². The normalized spacial score (nSPS) is 19.0. The molecule has 1 atom stereocenters. The second-order valence-corrected chi connectivity index (χ2v) is 8.39. The molecular weight excluding hydrogens is 322 g/mol. The van der Waals surface area contributed by atoms with Crippen molar-refractivity contribution in [2.24, 2.45) is 5.92 Å². The van der Waals surface area contributed by atoms with E-state index in [0.717, 1.165) is 26.1 Å². The number of benzene rings is 1. The number of aromatic nitrogens is 1. The zero-order valence-electron chi connectivity index (χ0n) is 13.9. The van der Waals surface area contributed by atoms with Crippen molar-refractivity contribution < 1.29 is 8.42 Å². The highest BCUT2D eigenvalue weighted by molar-refractivity contribution is 7.89. The average Bonchev–Trinajstić information content (AvgIpc) is 3.03. The molecule has 6 heteroatoms. The van der Waals surface area contributed by atoms with Crippen LogP contribution in [-0.2, 0) is 16.6 Å². The molecule has 24 heavy (non-hydrogen) atoms. The van der Waals surface area contributed by atoms with E-state index in [2.05, 4.69) is 34.1 Å². The number of likely N-dealkylation sites (tertiary alicyclic amines) is 1. The van der Waals surface area contributed by atoms with Gasteiger partial charge in [0.15, 0.2) is 0 Å². The Morgan fingerprint density at radius 3 is 2.71 bits per heavy atom. The van der Waals surface area contributed by atoms with Crippen molar-refractivity contribution in [3.8, 4) is 0 Å². The monoisotopic (exact) mass is 345 g/mol. The van der Waals surface area contributed by atoms with Crippen LogP contribution >= 0.6 is 0 Å². The zero-order chi connectivity index (χ0) is 17.0. The summed E-state index contributed by atoms with van der Waals surface area (Å²) in [5.41, 5.74) is 1.30. The van der Waals surface area contributed by atoms with Crippen molar-refractivity contribution in [1.82, 2.24) is 14.2 Å². The van der Waals surface area contributed by atoms with Gasteiger partial charge in [-0.15, -0.1) is 0 Å². The van der Waals surface area contributed by atoms with E-state index in [9.17, 15) is 8.42 Å². The van der Waals surface area contributed by atoms with Gasteiger partial charge in [0.1, 0.15) is 4.90 Å². The third-order valence-electron chi connectivity index (χ3n) is 4.48. The molecule has 1 fully saturated rings. The second kappa shape index (κ2) is 7.42. The van der Waals surface area contributed by atoms with E-state index in [1.807, 2.05) is 6.07 Å². The topological polar surface area (TPSA) is 53.5 Å². The molecular formula is C18H23N3O2S. The van der Waals surface area contributed by atoms with Crippen LogP contribution in [0.1, 0.15) is 12.0 Å². The Kier molecular flexibility index (Phi) is 5.28. The Balaban J connectivity index is 1.57. The third kappa shape index (κ3) is 4.01. The summed E-state index contributed by atoms with van der Waals surface area (Å²) in [5.74, 6) is 0.366. The minimum atomic E-state index is -3.45. The molecule has 1 aliphatic rings. The molecule has 0 spiro atoms. The van der Waals surface area contributed by atoms with Gasteiger partial charge in [-0.1, -0.05) is 30.3 Å². The number of rotatable bonds is 6. The third-order valence-corrected chi connectivity index (χ3v) is 6.28. The molecule has 2 heterocycles. The largest absolute Gasteiger partial charge is 0.299 e. The Morgan fingerprint density at radius 2 is 2.00 bits per heavy atom. The smallest absolute Gasteiger partial charge is 0.244 e. The molecule has 0 unspecified atom stereocenters. The summed E-state index contributed by atoms with van der Waals surface area (Å²) in [6.07, 6.45) is 4.01. The maximum Gasteiger partial charge on any atom is 0.244 e. The predicted octanol–water partition coefficient (Wildman–Crippen LogP) is 2.22.